The molecule has 11 heavy (non-hydrogen) atoms. The van der Waals surface area contributed by atoms with E-state index < -0.39 is 0 Å². The molecule has 1 aliphatic rings. The van der Waals surface area contributed by atoms with Gasteiger partial charge in [0.15, 0.2) is 0 Å². The number of nitrogen functional groups attached to an aromatic ring is 1. The fourth-order valence-corrected chi connectivity index (χ4v) is 1.16. The molecule has 0 spiro atoms. The maximum Gasteiger partial charge on any atom is 0.0711 e. The van der Waals surface area contributed by atoms with Gasteiger partial charge >= 0.3 is 0 Å². The van der Waals surface area contributed by atoms with E-state index in [-0.39, 0.29) is 0 Å². The van der Waals surface area contributed by atoms with E-state index in [0.717, 1.165) is 22.0 Å². The first-order valence-corrected chi connectivity index (χ1v) is 3.40. The Hall–Kier alpha value is -1.57. The highest BCUT2D eigenvalue weighted by Gasteiger charge is 1.96. The number of nitrogens with zero attached hydrogens (tertiary/aromatic N) is 1. The molecule has 2 rings (SSSR count). The van der Waals surface area contributed by atoms with Crippen LogP contribution in [-0.4, -0.2) is 0 Å². The lowest BCUT2D eigenvalue weighted by atomic mass is 10.2. The summed E-state index contributed by atoms with van der Waals surface area (Å²) in [5.74, 6) is 0. The van der Waals surface area contributed by atoms with Gasteiger partial charge in [0.2, 0.25) is 0 Å². The first kappa shape index (κ1) is 6.16. The van der Waals surface area contributed by atoms with Crippen molar-refractivity contribution in [2.24, 2.45) is 4.99 Å². The second-order valence-corrected chi connectivity index (χ2v) is 2.57. The summed E-state index contributed by atoms with van der Waals surface area (Å²) < 4.78 is 0. The van der Waals surface area contributed by atoms with E-state index in [2.05, 4.69) is 11.6 Å². The number of rotatable bonds is 0. The molecule has 0 saturated heterocycles. The monoisotopic (exact) mass is 144 g/mol. The number of allylic oxidation sites excluding steroid dienone is 1. The second-order valence-electron chi connectivity index (χ2n) is 2.57. The van der Waals surface area contributed by atoms with E-state index >= 15 is 0 Å². The molecule has 2 nitrogen and oxygen atoms in total. The first-order chi connectivity index (χ1) is 5.25. The van der Waals surface area contributed by atoms with Crippen molar-refractivity contribution in [3.05, 3.63) is 41.1 Å². The summed E-state index contributed by atoms with van der Waals surface area (Å²) in [6.07, 6.45) is 1.92. The third-order valence-corrected chi connectivity index (χ3v) is 1.64. The van der Waals surface area contributed by atoms with Crippen LogP contribution in [0.3, 0.4) is 0 Å². The van der Waals surface area contributed by atoms with Crippen LogP contribution in [0.15, 0.2) is 35.5 Å². The normalized spacial score (nSPS) is 13.6. The van der Waals surface area contributed by atoms with Gasteiger partial charge in [-0.2, -0.15) is 0 Å². The summed E-state index contributed by atoms with van der Waals surface area (Å²) in [5, 5.41) is 2.03. The molecule has 0 amide bonds. The quantitative estimate of drug-likeness (QED) is 0.519. The van der Waals surface area contributed by atoms with Crippen LogP contribution in [-0.2, 0) is 0 Å². The molecule has 54 valence electrons. The van der Waals surface area contributed by atoms with E-state index in [1.165, 1.54) is 0 Å². The number of fused-ring (bicyclic) bond motifs is 1. The Morgan fingerprint density at radius 2 is 2.18 bits per heavy atom. The lowest BCUT2D eigenvalue weighted by Crippen LogP contribution is -2.20. The number of hydrogen-bond acceptors (Lipinski definition) is 2. The predicted octanol–water partition coefficient (Wildman–Crippen LogP) is 0.196. The molecule has 2 heteroatoms. The van der Waals surface area contributed by atoms with E-state index in [9.17, 15) is 0 Å². The van der Waals surface area contributed by atoms with Crippen LogP contribution in [0.25, 0.3) is 6.08 Å². The van der Waals surface area contributed by atoms with E-state index in [1.54, 1.807) is 0 Å². The zero-order valence-corrected chi connectivity index (χ0v) is 6.04. The van der Waals surface area contributed by atoms with Gasteiger partial charge in [-0.3, -0.25) is 0 Å². The van der Waals surface area contributed by atoms with Crippen LogP contribution in [0.4, 0.5) is 5.69 Å². The molecule has 0 unspecified atom stereocenters. The van der Waals surface area contributed by atoms with Crippen molar-refractivity contribution >= 4 is 11.8 Å². The van der Waals surface area contributed by atoms with Crippen molar-refractivity contribution in [3.8, 4) is 0 Å². The fourth-order valence-electron chi connectivity index (χ4n) is 1.16. The molecule has 0 radical (unpaired) electrons. The van der Waals surface area contributed by atoms with Crippen molar-refractivity contribution in [2.75, 3.05) is 5.73 Å². The molecule has 0 aliphatic carbocycles. The molecule has 2 N–H and O–H groups in total. The Bertz CT molecular complexity index is 429. The minimum atomic E-state index is 0.768. The first-order valence-electron chi connectivity index (χ1n) is 3.40. The lowest BCUT2D eigenvalue weighted by Gasteiger charge is -1.87. The number of anilines is 1. The van der Waals surface area contributed by atoms with Crippen LogP contribution in [0.1, 0.15) is 0 Å². The van der Waals surface area contributed by atoms with Crippen molar-refractivity contribution in [3.63, 3.8) is 0 Å². The highest BCUT2D eigenvalue weighted by Crippen LogP contribution is 1.98. The molecule has 1 aromatic rings. The third kappa shape index (κ3) is 0.923. The standard InChI is InChI=1S/C9H8N2/c1-6-4-7-5-8(10)2-3-9(7)11-6/h2-5H,1,10H2. The van der Waals surface area contributed by atoms with E-state index in [4.69, 9.17) is 5.73 Å². The summed E-state index contributed by atoms with van der Waals surface area (Å²) >= 11 is 0. The zero-order chi connectivity index (χ0) is 7.84. The van der Waals surface area contributed by atoms with Crippen LogP contribution in [0, 0.1) is 0 Å². The highest BCUT2D eigenvalue weighted by molar-refractivity contribution is 5.51. The van der Waals surface area contributed by atoms with Gasteiger partial charge in [0.25, 0.3) is 0 Å². The molecular weight excluding hydrogens is 136 g/mol. The van der Waals surface area contributed by atoms with Gasteiger partial charge in [-0.15, -0.1) is 0 Å². The fraction of sp³-hybridized carbons (Fsp3) is 0. The van der Waals surface area contributed by atoms with Gasteiger partial charge in [-0.1, -0.05) is 6.58 Å². The SMILES string of the molecule is C=C1C=c2cc(N)ccc2=N1. The van der Waals surface area contributed by atoms with Crippen molar-refractivity contribution < 1.29 is 0 Å². The number of nitrogens with two attached hydrogens (primary N) is 1. The zero-order valence-electron chi connectivity index (χ0n) is 6.04. The number of benzene rings is 1. The minimum Gasteiger partial charge on any atom is -0.399 e. The largest absolute Gasteiger partial charge is 0.399 e. The molecule has 0 aromatic heterocycles. The summed E-state index contributed by atoms with van der Waals surface area (Å²) in [6.45, 7) is 3.74. The highest BCUT2D eigenvalue weighted by atomic mass is 14.7. The minimum absolute atomic E-state index is 0.768. The topological polar surface area (TPSA) is 38.4 Å². The molecule has 0 atom stereocenters. The summed E-state index contributed by atoms with van der Waals surface area (Å²) in [7, 11) is 0. The Morgan fingerprint density at radius 1 is 1.36 bits per heavy atom. The average Bonchev–Trinajstić information content (AvgIpc) is 2.27. The third-order valence-electron chi connectivity index (χ3n) is 1.64. The number of hydrogen-bond donors (Lipinski definition) is 1. The molecular formula is C9H8N2. The molecule has 1 heterocycles. The van der Waals surface area contributed by atoms with Gasteiger partial charge in [0, 0.05) is 10.9 Å². The van der Waals surface area contributed by atoms with E-state index in [1.807, 2.05) is 24.3 Å². The van der Waals surface area contributed by atoms with Crippen molar-refractivity contribution in [2.45, 2.75) is 0 Å². The predicted molar refractivity (Wildman–Crippen MR) is 45.2 cm³/mol. The van der Waals surface area contributed by atoms with Gasteiger partial charge in [-0.25, -0.2) is 4.99 Å². The average molecular weight is 144 g/mol. The van der Waals surface area contributed by atoms with Gasteiger partial charge in [0.1, 0.15) is 0 Å². The Morgan fingerprint density at radius 3 is 3.00 bits per heavy atom. The summed E-state index contributed by atoms with van der Waals surface area (Å²) in [5.41, 5.74) is 7.15. The lowest BCUT2D eigenvalue weighted by molar-refractivity contribution is 1.33. The Labute approximate surface area is 64.4 Å². The van der Waals surface area contributed by atoms with E-state index in [0.29, 0.717) is 0 Å². The van der Waals surface area contributed by atoms with Crippen LogP contribution in [0.2, 0.25) is 0 Å². The molecule has 1 aliphatic heterocycles. The van der Waals surface area contributed by atoms with Crippen molar-refractivity contribution in [1.29, 1.82) is 0 Å². The van der Waals surface area contributed by atoms with Gasteiger partial charge in [0.05, 0.1) is 11.1 Å². The Kier molecular flexibility index (Phi) is 1.09. The van der Waals surface area contributed by atoms with Gasteiger partial charge in [-0.05, 0) is 24.3 Å². The summed E-state index contributed by atoms with van der Waals surface area (Å²) in [6, 6.07) is 5.64. The van der Waals surface area contributed by atoms with Crippen molar-refractivity contribution in [1.82, 2.24) is 0 Å². The molecule has 0 saturated carbocycles. The smallest absolute Gasteiger partial charge is 0.0711 e. The molecule has 0 bridgehead atoms. The maximum atomic E-state index is 5.58. The van der Waals surface area contributed by atoms with Gasteiger partial charge < -0.3 is 5.73 Å². The molecule has 0 fully saturated rings. The second kappa shape index (κ2) is 1.95. The maximum absolute atomic E-state index is 5.58. The Balaban J connectivity index is 2.89. The summed E-state index contributed by atoms with van der Waals surface area (Å²) in [4.78, 5) is 4.19. The molecule has 1 aromatic carbocycles. The van der Waals surface area contributed by atoms with Crippen LogP contribution < -0.4 is 16.3 Å². The van der Waals surface area contributed by atoms with Crippen LogP contribution >= 0.6 is 0 Å². The van der Waals surface area contributed by atoms with Crippen LogP contribution in [0.5, 0.6) is 0 Å².